The molecule has 20 heavy (non-hydrogen) atoms. The van der Waals surface area contributed by atoms with Crippen LogP contribution in [0.25, 0.3) is 0 Å². The molecule has 0 bridgehead atoms. The molecule has 1 aromatic rings. The van der Waals surface area contributed by atoms with Gasteiger partial charge in [-0.05, 0) is 30.7 Å². The third-order valence-electron chi connectivity index (χ3n) is 2.78. The summed E-state index contributed by atoms with van der Waals surface area (Å²) in [4.78, 5) is 1.36. The summed E-state index contributed by atoms with van der Waals surface area (Å²) in [6.07, 6.45) is -3.49. The van der Waals surface area contributed by atoms with Crippen molar-refractivity contribution < 1.29 is 17.9 Å². The van der Waals surface area contributed by atoms with Gasteiger partial charge >= 0.3 is 6.18 Å². The minimum atomic E-state index is -4.17. The van der Waals surface area contributed by atoms with Crippen LogP contribution in [0.2, 0.25) is 0 Å². The summed E-state index contributed by atoms with van der Waals surface area (Å²) in [5, 5.41) is 0. The van der Waals surface area contributed by atoms with Gasteiger partial charge in [0, 0.05) is 13.1 Å². The lowest BCUT2D eigenvalue weighted by atomic mass is 10.2. The summed E-state index contributed by atoms with van der Waals surface area (Å²) in [5.41, 5.74) is 6.47. The van der Waals surface area contributed by atoms with Gasteiger partial charge in [-0.3, -0.25) is 4.90 Å². The van der Waals surface area contributed by atoms with E-state index in [1.54, 1.807) is 12.1 Å². The molecule has 0 heterocycles. The van der Waals surface area contributed by atoms with E-state index in [0.29, 0.717) is 25.3 Å². The molecule has 6 heteroatoms. The number of nitrogens with two attached hydrogens (primary N) is 1. The van der Waals surface area contributed by atoms with Crippen molar-refractivity contribution in [3.05, 3.63) is 29.8 Å². The number of hydrogen-bond donors (Lipinski definition) is 1. The van der Waals surface area contributed by atoms with E-state index in [9.17, 15) is 13.2 Å². The third-order valence-corrected chi connectivity index (χ3v) is 2.78. The molecule has 114 valence electrons. The molecular formula is C14H21F3N2O. The van der Waals surface area contributed by atoms with Gasteiger partial charge in [-0.15, -0.1) is 0 Å². The summed E-state index contributed by atoms with van der Waals surface area (Å²) in [7, 11) is 0. The molecule has 0 aliphatic heterocycles. The molecule has 0 saturated carbocycles. The third kappa shape index (κ3) is 6.77. The first-order chi connectivity index (χ1) is 9.44. The molecule has 0 unspecified atom stereocenters. The monoisotopic (exact) mass is 290 g/mol. The lowest BCUT2D eigenvalue weighted by Crippen LogP contribution is -2.37. The molecule has 3 nitrogen and oxygen atoms in total. The van der Waals surface area contributed by atoms with Crippen LogP contribution in [0.5, 0.6) is 5.75 Å². The fourth-order valence-corrected chi connectivity index (χ4v) is 1.85. The molecule has 0 amide bonds. The van der Waals surface area contributed by atoms with Crippen molar-refractivity contribution in [2.24, 2.45) is 5.73 Å². The predicted molar refractivity (Wildman–Crippen MR) is 72.6 cm³/mol. The largest absolute Gasteiger partial charge is 0.492 e. The van der Waals surface area contributed by atoms with E-state index in [0.717, 1.165) is 5.56 Å². The van der Waals surface area contributed by atoms with E-state index in [-0.39, 0.29) is 13.2 Å². The first-order valence-electron chi connectivity index (χ1n) is 6.65. The molecule has 0 aliphatic carbocycles. The van der Waals surface area contributed by atoms with Crippen molar-refractivity contribution in [2.75, 3.05) is 26.2 Å². The standard InChI is InChI=1S/C14H21F3N2O/c1-2-7-19(11-14(15,16)17)8-9-20-13-5-3-12(10-18)4-6-13/h3-6H,2,7-11,18H2,1H3. The molecule has 0 spiro atoms. The Labute approximate surface area is 117 Å². The van der Waals surface area contributed by atoms with Gasteiger partial charge in [-0.25, -0.2) is 0 Å². The van der Waals surface area contributed by atoms with Crippen LogP contribution in [0.15, 0.2) is 24.3 Å². The lowest BCUT2D eigenvalue weighted by Gasteiger charge is -2.23. The van der Waals surface area contributed by atoms with Crippen LogP contribution in [-0.2, 0) is 6.54 Å². The van der Waals surface area contributed by atoms with E-state index < -0.39 is 12.7 Å². The summed E-state index contributed by atoms with van der Waals surface area (Å²) < 4.78 is 42.6. The minimum absolute atomic E-state index is 0.234. The predicted octanol–water partition coefficient (Wildman–Crippen LogP) is 2.80. The van der Waals surface area contributed by atoms with Crippen molar-refractivity contribution in [2.45, 2.75) is 26.1 Å². The molecule has 0 aliphatic rings. The number of halogens is 3. The second-order valence-corrected chi connectivity index (χ2v) is 4.59. The maximum absolute atomic E-state index is 12.4. The van der Waals surface area contributed by atoms with Crippen LogP contribution in [0.3, 0.4) is 0 Å². The number of hydrogen-bond acceptors (Lipinski definition) is 3. The van der Waals surface area contributed by atoms with Gasteiger partial charge in [0.1, 0.15) is 12.4 Å². The zero-order chi connectivity index (χ0) is 15.0. The van der Waals surface area contributed by atoms with Gasteiger partial charge in [0.25, 0.3) is 0 Å². The highest BCUT2D eigenvalue weighted by Crippen LogP contribution is 2.17. The quantitative estimate of drug-likeness (QED) is 0.800. The van der Waals surface area contributed by atoms with E-state index in [1.807, 2.05) is 19.1 Å². The maximum Gasteiger partial charge on any atom is 0.401 e. The number of alkyl halides is 3. The fourth-order valence-electron chi connectivity index (χ4n) is 1.85. The molecule has 1 aromatic carbocycles. The first-order valence-corrected chi connectivity index (χ1v) is 6.65. The summed E-state index contributed by atoms with van der Waals surface area (Å²) in [6.45, 7) is 2.32. The molecule has 0 saturated heterocycles. The molecule has 0 fully saturated rings. The van der Waals surface area contributed by atoms with E-state index in [4.69, 9.17) is 10.5 Å². The average molecular weight is 290 g/mol. The van der Waals surface area contributed by atoms with Crippen LogP contribution >= 0.6 is 0 Å². The Kier molecular flexibility index (Phi) is 6.81. The Morgan fingerprint density at radius 3 is 2.30 bits per heavy atom. The van der Waals surface area contributed by atoms with Crippen molar-refractivity contribution in [1.82, 2.24) is 4.90 Å². The van der Waals surface area contributed by atoms with Gasteiger partial charge in [-0.1, -0.05) is 19.1 Å². The van der Waals surface area contributed by atoms with Crippen molar-refractivity contribution in [3.8, 4) is 5.75 Å². The summed E-state index contributed by atoms with van der Waals surface area (Å²) in [6, 6.07) is 7.23. The van der Waals surface area contributed by atoms with Crippen molar-refractivity contribution >= 4 is 0 Å². The summed E-state index contributed by atoms with van der Waals surface area (Å²) >= 11 is 0. The van der Waals surface area contributed by atoms with Crippen LogP contribution < -0.4 is 10.5 Å². The molecule has 2 N–H and O–H groups in total. The topological polar surface area (TPSA) is 38.5 Å². The SMILES string of the molecule is CCCN(CCOc1ccc(CN)cc1)CC(F)(F)F. The zero-order valence-corrected chi connectivity index (χ0v) is 11.6. The van der Waals surface area contributed by atoms with Crippen molar-refractivity contribution in [1.29, 1.82) is 0 Å². The van der Waals surface area contributed by atoms with Crippen LogP contribution in [0.4, 0.5) is 13.2 Å². The fraction of sp³-hybridized carbons (Fsp3) is 0.571. The second kappa shape index (κ2) is 8.11. The molecule has 0 atom stereocenters. The normalized spacial score (nSPS) is 11.9. The second-order valence-electron chi connectivity index (χ2n) is 4.59. The van der Waals surface area contributed by atoms with E-state index in [1.165, 1.54) is 4.90 Å². The summed E-state index contributed by atoms with van der Waals surface area (Å²) in [5.74, 6) is 0.644. The van der Waals surface area contributed by atoms with Crippen LogP contribution in [-0.4, -0.2) is 37.3 Å². The first kappa shape index (κ1) is 16.8. The molecule has 0 radical (unpaired) electrons. The highest BCUT2D eigenvalue weighted by Gasteiger charge is 2.30. The lowest BCUT2D eigenvalue weighted by molar-refractivity contribution is -0.146. The molecular weight excluding hydrogens is 269 g/mol. The zero-order valence-electron chi connectivity index (χ0n) is 11.6. The Balaban J connectivity index is 2.39. The van der Waals surface area contributed by atoms with E-state index in [2.05, 4.69) is 0 Å². The average Bonchev–Trinajstić information content (AvgIpc) is 2.38. The number of benzene rings is 1. The maximum atomic E-state index is 12.4. The van der Waals surface area contributed by atoms with Gasteiger partial charge in [0.2, 0.25) is 0 Å². The highest BCUT2D eigenvalue weighted by atomic mass is 19.4. The Hall–Kier alpha value is -1.27. The Morgan fingerprint density at radius 1 is 1.15 bits per heavy atom. The van der Waals surface area contributed by atoms with Crippen molar-refractivity contribution in [3.63, 3.8) is 0 Å². The number of rotatable bonds is 8. The smallest absolute Gasteiger partial charge is 0.401 e. The van der Waals surface area contributed by atoms with Crippen LogP contribution in [0, 0.1) is 0 Å². The van der Waals surface area contributed by atoms with Gasteiger partial charge < -0.3 is 10.5 Å². The Bertz CT molecular complexity index is 379. The van der Waals surface area contributed by atoms with Gasteiger partial charge in [0.05, 0.1) is 6.54 Å². The molecule has 1 rings (SSSR count). The van der Waals surface area contributed by atoms with E-state index >= 15 is 0 Å². The Morgan fingerprint density at radius 2 is 1.80 bits per heavy atom. The van der Waals surface area contributed by atoms with Crippen LogP contribution in [0.1, 0.15) is 18.9 Å². The highest BCUT2D eigenvalue weighted by molar-refractivity contribution is 5.27. The number of ether oxygens (including phenoxy) is 1. The van der Waals surface area contributed by atoms with Gasteiger partial charge in [-0.2, -0.15) is 13.2 Å². The molecule has 0 aromatic heterocycles. The minimum Gasteiger partial charge on any atom is -0.492 e. The number of nitrogens with zero attached hydrogens (tertiary/aromatic N) is 1. The van der Waals surface area contributed by atoms with Gasteiger partial charge in [0.15, 0.2) is 0 Å².